The molecule has 0 N–H and O–H groups in total. The molecule has 1 unspecified atom stereocenters. The van der Waals surface area contributed by atoms with Crippen LogP contribution >= 0.6 is 15.9 Å². The fraction of sp³-hybridized carbons (Fsp3) is 0.727. The van der Waals surface area contributed by atoms with Gasteiger partial charge in [-0.3, -0.25) is 14.8 Å². The number of nitro groups is 1. The van der Waals surface area contributed by atoms with Crippen LogP contribution in [0.3, 0.4) is 0 Å². The molecular formula is C11H18BrN3O3. The van der Waals surface area contributed by atoms with Crippen molar-refractivity contribution in [3.63, 3.8) is 0 Å². The molecule has 1 aromatic rings. The summed E-state index contributed by atoms with van der Waals surface area (Å²) < 4.78 is 6.76. The molecule has 0 aliphatic rings. The third-order valence-electron chi connectivity index (χ3n) is 2.58. The zero-order valence-corrected chi connectivity index (χ0v) is 12.6. The van der Waals surface area contributed by atoms with Gasteiger partial charge in [0.1, 0.15) is 11.4 Å². The van der Waals surface area contributed by atoms with E-state index in [2.05, 4.69) is 21.0 Å². The van der Waals surface area contributed by atoms with E-state index in [0.717, 1.165) is 0 Å². The van der Waals surface area contributed by atoms with Crippen molar-refractivity contribution in [1.29, 1.82) is 0 Å². The first kappa shape index (κ1) is 15.1. The Bertz CT molecular complexity index is 431. The summed E-state index contributed by atoms with van der Waals surface area (Å²) in [6.07, 6.45) is 0.517. The molecule has 0 radical (unpaired) electrons. The van der Waals surface area contributed by atoms with Crippen LogP contribution in [0.15, 0.2) is 0 Å². The highest BCUT2D eigenvalue weighted by atomic mass is 79.9. The molecule has 1 heterocycles. The van der Waals surface area contributed by atoms with Crippen LogP contribution < -0.4 is 0 Å². The van der Waals surface area contributed by atoms with Crippen molar-refractivity contribution in [2.75, 3.05) is 13.7 Å². The number of aromatic nitrogens is 2. The van der Waals surface area contributed by atoms with Gasteiger partial charge in [0.15, 0.2) is 0 Å². The van der Waals surface area contributed by atoms with Crippen LogP contribution in [0.4, 0.5) is 5.69 Å². The highest BCUT2D eigenvalue weighted by molar-refractivity contribution is 9.09. The minimum atomic E-state index is -0.358. The number of nitrogens with zero attached hydrogens (tertiary/aromatic N) is 3. The van der Waals surface area contributed by atoms with E-state index in [9.17, 15) is 10.1 Å². The van der Waals surface area contributed by atoms with Gasteiger partial charge in [-0.25, -0.2) is 0 Å². The number of alkyl halides is 1. The van der Waals surface area contributed by atoms with Crippen molar-refractivity contribution < 1.29 is 9.66 Å². The number of methoxy groups -OCH3 is 1. The Hall–Kier alpha value is -0.950. The maximum absolute atomic E-state index is 11.1. The van der Waals surface area contributed by atoms with E-state index in [1.807, 2.05) is 13.8 Å². The highest BCUT2D eigenvalue weighted by Gasteiger charge is 2.27. The molecule has 1 aromatic heterocycles. The number of ether oxygens (including phenoxy) is 1. The van der Waals surface area contributed by atoms with E-state index in [4.69, 9.17) is 4.74 Å². The van der Waals surface area contributed by atoms with Gasteiger partial charge in [0.05, 0.1) is 11.5 Å². The molecule has 0 amide bonds. The Balaban J connectivity index is 3.15. The lowest BCUT2D eigenvalue weighted by Gasteiger charge is -2.12. The Morgan fingerprint density at radius 2 is 2.17 bits per heavy atom. The molecule has 0 saturated carbocycles. The third kappa shape index (κ3) is 3.29. The summed E-state index contributed by atoms with van der Waals surface area (Å²) >= 11 is 3.46. The number of hydrogen-bond donors (Lipinski definition) is 0. The first-order chi connectivity index (χ1) is 8.38. The van der Waals surface area contributed by atoms with Gasteiger partial charge in [0, 0.05) is 24.4 Å². The lowest BCUT2D eigenvalue weighted by atomic mass is 10.2. The molecule has 0 aliphatic carbocycles. The molecule has 18 heavy (non-hydrogen) atoms. The minimum Gasteiger partial charge on any atom is -0.384 e. The maximum atomic E-state index is 11.1. The van der Waals surface area contributed by atoms with Crippen molar-refractivity contribution in [2.45, 2.75) is 38.1 Å². The van der Waals surface area contributed by atoms with Gasteiger partial charge in [-0.1, -0.05) is 15.9 Å². The summed E-state index contributed by atoms with van der Waals surface area (Å²) in [5, 5.41) is 15.4. The number of halogens is 1. The van der Waals surface area contributed by atoms with Gasteiger partial charge in [-0.05, 0) is 20.8 Å². The monoisotopic (exact) mass is 319 g/mol. The van der Waals surface area contributed by atoms with Crippen molar-refractivity contribution in [1.82, 2.24) is 9.78 Å². The van der Waals surface area contributed by atoms with Gasteiger partial charge in [-0.15, -0.1) is 0 Å². The normalized spacial score (nSPS) is 13.0. The van der Waals surface area contributed by atoms with Gasteiger partial charge in [-0.2, -0.15) is 5.10 Å². The SMILES string of the molecule is COCC(Br)Cc1c([N+](=O)[O-])c(C)nn1C(C)C. The van der Waals surface area contributed by atoms with E-state index >= 15 is 0 Å². The predicted molar refractivity (Wildman–Crippen MR) is 72.3 cm³/mol. The van der Waals surface area contributed by atoms with Crippen molar-refractivity contribution in [3.05, 3.63) is 21.5 Å². The van der Waals surface area contributed by atoms with Crippen LogP contribution in [0.2, 0.25) is 0 Å². The van der Waals surface area contributed by atoms with Crippen molar-refractivity contribution in [2.24, 2.45) is 0 Å². The second kappa shape index (κ2) is 6.29. The van der Waals surface area contributed by atoms with E-state index in [0.29, 0.717) is 24.4 Å². The lowest BCUT2D eigenvalue weighted by Crippen LogP contribution is -2.16. The van der Waals surface area contributed by atoms with Gasteiger partial charge in [0.2, 0.25) is 0 Å². The smallest absolute Gasteiger partial charge is 0.313 e. The summed E-state index contributed by atoms with van der Waals surface area (Å²) in [6.45, 7) is 6.08. The number of aryl methyl sites for hydroxylation is 1. The quantitative estimate of drug-likeness (QED) is 0.459. The Morgan fingerprint density at radius 3 is 2.61 bits per heavy atom. The molecule has 0 aliphatic heterocycles. The molecule has 102 valence electrons. The van der Waals surface area contributed by atoms with Crippen LogP contribution in [0.5, 0.6) is 0 Å². The van der Waals surface area contributed by atoms with E-state index in [1.165, 1.54) is 0 Å². The predicted octanol–water partition coefficient (Wildman–Crippen LogP) is 2.63. The number of hydrogen-bond acceptors (Lipinski definition) is 4. The Morgan fingerprint density at radius 1 is 1.56 bits per heavy atom. The molecular weight excluding hydrogens is 302 g/mol. The largest absolute Gasteiger partial charge is 0.384 e. The molecule has 1 atom stereocenters. The molecule has 0 saturated heterocycles. The van der Waals surface area contributed by atoms with Crippen LogP contribution in [0, 0.1) is 17.0 Å². The first-order valence-electron chi connectivity index (χ1n) is 5.73. The standard InChI is InChI=1S/C11H18BrN3O3/c1-7(2)14-10(5-9(12)6-18-4)11(15(16)17)8(3)13-14/h7,9H,5-6H2,1-4H3. The first-order valence-corrected chi connectivity index (χ1v) is 6.65. The average Bonchev–Trinajstić information content (AvgIpc) is 2.55. The molecule has 0 fully saturated rings. The second-order valence-corrected chi connectivity index (χ2v) is 5.73. The zero-order chi connectivity index (χ0) is 13.9. The number of rotatable bonds is 6. The highest BCUT2D eigenvalue weighted by Crippen LogP contribution is 2.28. The molecule has 0 bridgehead atoms. The van der Waals surface area contributed by atoms with Gasteiger partial charge in [0.25, 0.3) is 0 Å². The fourth-order valence-electron chi connectivity index (χ4n) is 1.89. The summed E-state index contributed by atoms with van der Waals surface area (Å²) in [5.74, 6) is 0. The summed E-state index contributed by atoms with van der Waals surface area (Å²) in [5.41, 5.74) is 1.22. The average molecular weight is 320 g/mol. The van der Waals surface area contributed by atoms with E-state index in [-0.39, 0.29) is 21.5 Å². The molecule has 0 aromatic carbocycles. The van der Waals surface area contributed by atoms with Crippen LogP contribution in [-0.4, -0.2) is 33.2 Å². The summed E-state index contributed by atoms with van der Waals surface area (Å²) in [4.78, 5) is 10.8. The fourth-order valence-corrected chi connectivity index (χ4v) is 2.46. The zero-order valence-electron chi connectivity index (χ0n) is 11.0. The third-order valence-corrected chi connectivity index (χ3v) is 3.17. The van der Waals surface area contributed by atoms with Crippen LogP contribution in [0.25, 0.3) is 0 Å². The van der Waals surface area contributed by atoms with E-state index in [1.54, 1.807) is 18.7 Å². The van der Waals surface area contributed by atoms with E-state index < -0.39 is 0 Å². The van der Waals surface area contributed by atoms with Gasteiger partial charge >= 0.3 is 5.69 Å². The molecule has 6 nitrogen and oxygen atoms in total. The van der Waals surface area contributed by atoms with Crippen molar-refractivity contribution >= 4 is 21.6 Å². The second-order valence-electron chi connectivity index (χ2n) is 4.43. The molecule has 1 rings (SSSR count). The molecule has 7 heteroatoms. The van der Waals surface area contributed by atoms with Crippen LogP contribution in [-0.2, 0) is 11.2 Å². The van der Waals surface area contributed by atoms with Crippen molar-refractivity contribution in [3.8, 4) is 0 Å². The Kier molecular flexibility index (Phi) is 5.28. The Labute approximate surface area is 115 Å². The summed E-state index contributed by atoms with van der Waals surface area (Å²) in [7, 11) is 1.60. The summed E-state index contributed by atoms with van der Waals surface area (Å²) in [6, 6.07) is 0.0923. The topological polar surface area (TPSA) is 70.2 Å². The van der Waals surface area contributed by atoms with Crippen LogP contribution in [0.1, 0.15) is 31.3 Å². The lowest BCUT2D eigenvalue weighted by molar-refractivity contribution is -0.386. The molecule has 0 spiro atoms. The minimum absolute atomic E-state index is 0.0369. The maximum Gasteiger partial charge on any atom is 0.313 e. The van der Waals surface area contributed by atoms with Gasteiger partial charge < -0.3 is 4.74 Å².